The number of hydrogen-bond acceptors (Lipinski definition) is 4. The van der Waals surface area contributed by atoms with Crippen LogP contribution in [0.1, 0.15) is 27.7 Å². The molecule has 0 aromatic carbocycles. The van der Waals surface area contributed by atoms with Crippen LogP contribution in [0.3, 0.4) is 0 Å². The van der Waals surface area contributed by atoms with Crippen molar-refractivity contribution in [2.45, 2.75) is 34.2 Å². The maximum Gasteiger partial charge on any atom is 0.259 e. The van der Waals surface area contributed by atoms with Crippen LogP contribution in [0.5, 0.6) is 0 Å². The van der Waals surface area contributed by atoms with Crippen LogP contribution in [0.2, 0.25) is 0 Å². The van der Waals surface area contributed by atoms with Gasteiger partial charge in [0.15, 0.2) is 0 Å². The Balaban J connectivity index is 2.09. The average molecular weight is 288 g/mol. The monoisotopic (exact) mass is 288 g/mol. The van der Waals surface area contributed by atoms with Gasteiger partial charge in [0.2, 0.25) is 0 Å². The van der Waals surface area contributed by atoms with E-state index < -0.39 is 0 Å². The lowest BCUT2D eigenvalue weighted by molar-refractivity contribution is 0.633. The summed E-state index contributed by atoms with van der Waals surface area (Å²) in [5, 5.41) is 5.11. The van der Waals surface area contributed by atoms with Gasteiger partial charge in [-0.3, -0.25) is 9.48 Å². The van der Waals surface area contributed by atoms with Crippen LogP contribution in [-0.2, 0) is 6.54 Å². The van der Waals surface area contributed by atoms with Crippen LogP contribution >= 0.6 is 11.3 Å². The lowest BCUT2D eigenvalue weighted by atomic mass is 10.2. The Hall–Kier alpha value is -1.95. The van der Waals surface area contributed by atoms with Crippen LogP contribution < -0.4 is 5.56 Å². The van der Waals surface area contributed by atoms with E-state index >= 15 is 0 Å². The van der Waals surface area contributed by atoms with Crippen LogP contribution in [0.25, 0.3) is 10.2 Å². The molecule has 0 bridgehead atoms. The number of nitrogens with one attached hydrogen (secondary N) is 1. The standard InChI is InChI=1S/C14H16N4OS/c1-7-5-8(2)18(17-7)6-11-15-13(19)12-9(3)10(4)20-14(12)16-11/h5H,6H2,1-4H3,(H,15,16,19). The third-order valence-corrected chi connectivity index (χ3v) is 4.59. The molecule has 0 saturated carbocycles. The summed E-state index contributed by atoms with van der Waals surface area (Å²) in [4.78, 5) is 21.6. The predicted molar refractivity (Wildman–Crippen MR) is 80.5 cm³/mol. The van der Waals surface area contributed by atoms with Gasteiger partial charge in [0.1, 0.15) is 10.7 Å². The molecular formula is C14H16N4OS. The number of aromatic amines is 1. The van der Waals surface area contributed by atoms with E-state index in [-0.39, 0.29) is 5.56 Å². The van der Waals surface area contributed by atoms with Crippen molar-refractivity contribution >= 4 is 21.6 Å². The zero-order valence-electron chi connectivity index (χ0n) is 11.9. The summed E-state index contributed by atoms with van der Waals surface area (Å²) in [6.45, 7) is 8.42. The molecule has 3 heterocycles. The second kappa shape index (κ2) is 4.56. The number of H-pyrrole nitrogens is 1. The Morgan fingerprint density at radius 1 is 1.30 bits per heavy atom. The van der Waals surface area contributed by atoms with Gasteiger partial charge in [0.05, 0.1) is 17.6 Å². The molecule has 5 nitrogen and oxygen atoms in total. The molecule has 0 aliphatic heterocycles. The minimum atomic E-state index is -0.0617. The molecule has 3 aromatic heterocycles. The van der Waals surface area contributed by atoms with Crippen molar-refractivity contribution < 1.29 is 0 Å². The number of aromatic nitrogens is 4. The summed E-state index contributed by atoms with van der Waals surface area (Å²) >= 11 is 1.57. The molecule has 0 radical (unpaired) electrons. The number of nitrogens with zero attached hydrogens (tertiary/aromatic N) is 3. The van der Waals surface area contributed by atoms with Gasteiger partial charge in [0, 0.05) is 10.6 Å². The molecule has 6 heteroatoms. The van der Waals surface area contributed by atoms with Crippen molar-refractivity contribution in [3.63, 3.8) is 0 Å². The second-order valence-electron chi connectivity index (χ2n) is 5.06. The molecule has 0 unspecified atom stereocenters. The molecular weight excluding hydrogens is 272 g/mol. The van der Waals surface area contributed by atoms with Crippen LogP contribution in [0, 0.1) is 27.7 Å². The van der Waals surface area contributed by atoms with E-state index in [1.807, 2.05) is 38.4 Å². The number of aryl methyl sites for hydroxylation is 4. The highest BCUT2D eigenvalue weighted by Gasteiger charge is 2.12. The van der Waals surface area contributed by atoms with Crippen molar-refractivity contribution in [1.29, 1.82) is 0 Å². The first kappa shape index (κ1) is 13.1. The van der Waals surface area contributed by atoms with Gasteiger partial charge in [-0.15, -0.1) is 11.3 Å². The predicted octanol–water partition coefficient (Wildman–Crippen LogP) is 2.46. The maximum atomic E-state index is 12.2. The molecule has 0 fully saturated rings. The van der Waals surface area contributed by atoms with Gasteiger partial charge in [-0.05, 0) is 39.3 Å². The summed E-state index contributed by atoms with van der Waals surface area (Å²) in [7, 11) is 0. The third kappa shape index (κ3) is 2.06. The fourth-order valence-corrected chi connectivity index (χ4v) is 3.40. The zero-order chi connectivity index (χ0) is 14.4. The number of rotatable bonds is 2. The summed E-state index contributed by atoms with van der Waals surface area (Å²) in [6.07, 6.45) is 0. The van der Waals surface area contributed by atoms with Gasteiger partial charge in [-0.2, -0.15) is 5.10 Å². The maximum absolute atomic E-state index is 12.2. The summed E-state index contributed by atoms with van der Waals surface area (Å²) in [5.41, 5.74) is 2.99. The molecule has 1 N–H and O–H groups in total. The summed E-state index contributed by atoms with van der Waals surface area (Å²) in [5.74, 6) is 0.648. The van der Waals surface area contributed by atoms with Crippen LogP contribution in [0.15, 0.2) is 10.9 Å². The Morgan fingerprint density at radius 3 is 2.70 bits per heavy atom. The van der Waals surface area contributed by atoms with E-state index in [9.17, 15) is 4.79 Å². The van der Waals surface area contributed by atoms with Crippen molar-refractivity contribution in [3.05, 3.63) is 44.1 Å². The van der Waals surface area contributed by atoms with Gasteiger partial charge in [-0.1, -0.05) is 0 Å². The quantitative estimate of drug-likeness (QED) is 0.788. The molecule has 3 aromatic rings. The average Bonchev–Trinajstić information content (AvgIpc) is 2.80. The van der Waals surface area contributed by atoms with E-state index in [2.05, 4.69) is 15.1 Å². The molecule has 104 valence electrons. The molecule has 0 spiro atoms. The van der Waals surface area contributed by atoms with E-state index in [0.717, 1.165) is 26.7 Å². The van der Waals surface area contributed by atoms with Gasteiger partial charge in [0.25, 0.3) is 5.56 Å². The minimum absolute atomic E-state index is 0.0617. The first-order chi connectivity index (χ1) is 9.45. The van der Waals surface area contributed by atoms with E-state index in [4.69, 9.17) is 0 Å². The topological polar surface area (TPSA) is 63.6 Å². The Kier molecular flexibility index (Phi) is 2.97. The van der Waals surface area contributed by atoms with Crippen LogP contribution in [-0.4, -0.2) is 19.7 Å². The largest absolute Gasteiger partial charge is 0.308 e. The van der Waals surface area contributed by atoms with Gasteiger partial charge >= 0.3 is 0 Å². The van der Waals surface area contributed by atoms with Gasteiger partial charge in [-0.25, -0.2) is 4.98 Å². The highest BCUT2D eigenvalue weighted by atomic mass is 32.1. The Labute approximate surface area is 120 Å². The molecule has 3 rings (SSSR count). The fraction of sp³-hybridized carbons (Fsp3) is 0.357. The number of thiophene rings is 1. The smallest absolute Gasteiger partial charge is 0.259 e. The van der Waals surface area contributed by atoms with Crippen molar-refractivity contribution in [3.8, 4) is 0 Å². The van der Waals surface area contributed by atoms with Crippen molar-refractivity contribution in [2.24, 2.45) is 0 Å². The molecule has 0 amide bonds. The third-order valence-electron chi connectivity index (χ3n) is 3.49. The number of hydrogen-bond donors (Lipinski definition) is 1. The lowest BCUT2D eigenvalue weighted by Gasteiger charge is -2.04. The molecule has 0 aliphatic carbocycles. The summed E-state index contributed by atoms with van der Waals surface area (Å²) in [6, 6.07) is 2.01. The normalized spacial score (nSPS) is 11.4. The Bertz CT molecular complexity index is 856. The highest BCUT2D eigenvalue weighted by molar-refractivity contribution is 7.18. The van der Waals surface area contributed by atoms with Crippen molar-refractivity contribution in [1.82, 2.24) is 19.7 Å². The molecule has 0 aliphatic rings. The van der Waals surface area contributed by atoms with E-state index in [1.54, 1.807) is 11.3 Å². The van der Waals surface area contributed by atoms with E-state index in [1.165, 1.54) is 0 Å². The van der Waals surface area contributed by atoms with Gasteiger partial charge < -0.3 is 4.98 Å². The Morgan fingerprint density at radius 2 is 2.05 bits per heavy atom. The fourth-order valence-electron chi connectivity index (χ4n) is 2.35. The second-order valence-corrected chi connectivity index (χ2v) is 6.26. The van der Waals surface area contributed by atoms with E-state index in [0.29, 0.717) is 17.8 Å². The number of fused-ring (bicyclic) bond motifs is 1. The van der Waals surface area contributed by atoms with Crippen molar-refractivity contribution in [2.75, 3.05) is 0 Å². The SMILES string of the molecule is Cc1cc(C)n(Cc2nc3sc(C)c(C)c3c(=O)[nH]2)n1. The molecule has 20 heavy (non-hydrogen) atoms. The first-order valence-corrected chi connectivity index (χ1v) is 7.27. The molecule has 0 atom stereocenters. The van der Waals surface area contributed by atoms with Crippen LogP contribution in [0.4, 0.5) is 0 Å². The summed E-state index contributed by atoms with van der Waals surface area (Å²) < 4.78 is 1.85. The lowest BCUT2D eigenvalue weighted by Crippen LogP contribution is -2.15. The zero-order valence-corrected chi connectivity index (χ0v) is 12.8. The first-order valence-electron chi connectivity index (χ1n) is 6.45. The highest BCUT2D eigenvalue weighted by Crippen LogP contribution is 2.25. The minimum Gasteiger partial charge on any atom is -0.308 e. The molecule has 0 saturated heterocycles.